The Balaban J connectivity index is 2.22. The summed E-state index contributed by atoms with van der Waals surface area (Å²) in [4.78, 5) is 19.4. The molecule has 0 saturated heterocycles. The van der Waals surface area contributed by atoms with Crippen LogP contribution in [0, 0.1) is 12.7 Å². The summed E-state index contributed by atoms with van der Waals surface area (Å²) in [6, 6.07) is 3.07. The Morgan fingerprint density at radius 1 is 1.44 bits per heavy atom. The van der Waals surface area contributed by atoms with E-state index >= 15 is 0 Å². The third-order valence-electron chi connectivity index (χ3n) is 2.29. The van der Waals surface area contributed by atoms with Crippen LogP contribution in [-0.4, -0.2) is 15.9 Å². The topological polar surface area (TPSA) is 54.9 Å². The van der Waals surface area contributed by atoms with Crippen molar-refractivity contribution >= 4 is 27.5 Å². The van der Waals surface area contributed by atoms with Crippen molar-refractivity contribution in [3.05, 3.63) is 52.3 Å². The van der Waals surface area contributed by atoms with E-state index < -0.39 is 11.7 Å². The monoisotopic (exact) mass is 309 g/mol. The highest BCUT2D eigenvalue weighted by molar-refractivity contribution is 9.10. The average molecular weight is 310 g/mol. The highest BCUT2D eigenvalue weighted by Crippen LogP contribution is 2.17. The molecule has 0 aromatic carbocycles. The Labute approximate surface area is 111 Å². The summed E-state index contributed by atoms with van der Waals surface area (Å²) in [5, 5.41) is 2.58. The molecule has 0 saturated carbocycles. The molecule has 0 unspecified atom stereocenters. The first-order chi connectivity index (χ1) is 8.58. The molecular formula is C12H9BrFN3O. The lowest BCUT2D eigenvalue weighted by Gasteiger charge is -2.06. The van der Waals surface area contributed by atoms with E-state index in [1.165, 1.54) is 18.5 Å². The van der Waals surface area contributed by atoms with Crippen molar-refractivity contribution in [1.29, 1.82) is 0 Å². The quantitative estimate of drug-likeness (QED) is 0.868. The van der Waals surface area contributed by atoms with Crippen LogP contribution in [0.5, 0.6) is 0 Å². The predicted molar refractivity (Wildman–Crippen MR) is 68.8 cm³/mol. The zero-order valence-corrected chi connectivity index (χ0v) is 11.0. The van der Waals surface area contributed by atoms with Crippen LogP contribution in [0.4, 0.5) is 10.1 Å². The lowest BCUT2D eigenvalue weighted by atomic mass is 10.2. The molecule has 0 spiro atoms. The van der Waals surface area contributed by atoms with Gasteiger partial charge < -0.3 is 5.32 Å². The number of anilines is 1. The van der Waals surface area contributed by atoms with E-state index in [1.54, 1.807) is 6.07 Å². The number of hydrogen-bond acceptors (Lipinski definition) is 3. The Morgan fingerprint density at radius 2 is 2.22 bits per heavy atom. The number of aromatic nitrogens is 2. The van der Waals surface area contributed by atoms with Gasteiger partial charge in [0.15, 0.2) is 5.82 Å². The molecular weight excluding hydrogens is 301 g/mol. The van der Waals surface area contributed by atoms with Crippen LogP contribution in [0.1, 0.15) is 15.9 Å². The second kappa shape index (κ2) is 5.22. The van der Waals surface area contributed by atoms with Crippen LogP contribution < -0.4 is 5.32 Å². The fourth-order valence-electron chi connectivity index (χ4n) is 1.38. The van der Waals surface area contributed by atoms with Gasteiger partial charge in [0.05, 0.1) is 23.6 Å². The number of nitrogens with zero attached hydrogens (tertiary/aromatic N) is 2. The van der Waals surface area contributed by atoms with Crippen molar-refractivity contribution in [1.82, 2.24) is 9.97 Å². The minimum Gasteiger partial charge on any atom is -0.320 e. The second-order valence-corrected chi connectivity index (χ2v) is 4.39. The van der Waals surface area contributed by atoms with Crippen LogP contribution in [0.2, 0.25) is 0 Å². The summed E-state index contributed by atoms with van der Waals surface area (Å²) in [5.41, 5.74) is 1.34. The van der Waals surface area contributed by atoms with Crippen LogP contribution in [0.3, 0.4) is 0 Å². The minimum atomic E-state index is -0.656. The van der Waals surface area contributed by atoms with E-state index in [2.05, 4.69) is 31.2 Å². The van der Waals surface area contributed by atoms with E-state index in [9.17, 15) is 9.18 Å². The van der Waals surface area contributed by atoms with Gasteiger partial charge in [0.2, 0.25) is 0 Å². The van der Waals surface area contributed by atoms with Crippen molar-refractivity contribution in [3.63, 3.8) is 0 Å². The molecule has 2 rings (SSSR count). The Bertz CT molecular complexity index is 604. The molecule has 2 aromatic heterocycles. The third kappa shape index (κ3) is 2.70. The molecule has 0 aliphatic heterocycles. The van der Waals surface area contributed by atoms with E-state index in [4.69, 9.17) is 0 Å². The van der Waals surface area contributed by atoms with E-state index in [0.717, 1.165) is 11.8 Å². The number of amides is 1. The first-order valence-corrected chi connectivity index (χ1v) is 5.90. The van der Waals surface area contributed by atoms with Gasteiger partial charge in [0.1, 0.15) is 4.60 Å². The maximum atomic E-state index is 13.3. The minimum absolute atomic E-state index is 0.0504. The molecule has 92 valence electrons. The molecule has 0 atom stereocenters. The summed E-state index contributed by atoms with van der Waals surface area (Å²) < 4.78 is 14.0. The van der Waals surface area contributed by atoms with E-state index in [1.807, 2.05) is 6.92 Å². The zero-order valence-electron chi connectivity index (χ0n) is 9.45. The number of carbonyl (C=O) groups excluding carboxylic acids is 1. The molecule has 0 aliphatic rings. The van der Waals surface area contributed by atoms with Crippen molar-refractivity contribution in [2.75, 3.05) is 5.32 Å². The number of pyridine rings is 2. The number of aryl methyl sites for hydroxylation is 1. The smallest absolute Gasteiger partial charge is 0.258 e. The zero-order chi connectivity index (χ0) is 13.1. The number of hydrogen-bond donors (Lipinski definition) is 1. The van der Waals surface area contributed by atoms with Gasteiger partial charge >= 0.3 is 0 Å². The third-order valence-corrected chi connectivity index (χ3v) is 3.12. The summed E-state index contributed by atoms with van der Waals surface area (Å²) in [7, 11) is 0. The van der Waals surface area contributed by atoms with Gasteiger partial charge in [-0.2, -0.15) is 0 Å². The molecule has 2 heterocycles. The van der Waals surface area contributed by atoms with Gasteiger partial charge in [-0.25, -0.2) is 9.37 Å². The maximum Gasteiger partial charge on any atom is 0.258 e. The lowest BCUT2D eigenvalue weighted by molar-refractivity contribution is 0.102. The van der Waals surface area contributed by atoms with Gasteiger partial charge in [0, 0.05) is 6.20 Å². The average Bonchev–Trinajstić information content (AvgIpc) is 2.34. The Kier molecular flexibility index (Phi) is 3.66. The molecule has 18 heavy (non-hydrogen) atoms. The van der Waals surface area contributed by atoms with Crippen LogP contribution in [-0.2, 0) is 0 Å². The van der Waals surface area contributed by atoms with Gasteiger partial charge in [-0.05, 0) is 40.5 Å². The van der Waals surface area contributed by atoms with Crippen molar-refractivity contribution in [2.24, 2.45) is 0 Å². The van der Waals surface area contributed by atoms with Crippen molar-refractivity contribution in [3.8, 4) is 0 Å². The fourth-order valence-corrected chi connectivity index (χ4v) is 1.60. The molecule has 6 heteroatoms. The SMILES string of the molecule is Cc1cc(NC(=O)c2ccncc2F)cnc1Br. The number of halogens is 2. The summed E-state index contributed by atoms with van der Waals surface area (Å²) >= 11 is 3.26. The fraction of sp³-hybridized carbons (Fsp3) is 0.0833. The first kappa shape index (κ1) is 12.6. The molecule has 0 radical (unpaired) electrons. The van der Waals surface area contributed by atoms with Crippen LogP contribution >= 0.6 is 15.9 Å². The molecule has 0 fully saturated rings. The number of nitrogens with one attached hydrogen (secondary N) is 1. The number of carbonyl (C=O) groups is 1. The van der Waals surface area contributed by atoms with E-state index in [-0.39, 0.29) is 5.56 Å². The predicted octanol–water partition coefficient (Wildman–Crippen LogP) is 2.94. The summed E-state index contributed by atoms with van der Waals surface area (Å²) in [5.74, 6) is -1.18. The van der Waals surface area contributed by atoms with Gasteiger partial charge in [-0.1, -0.05) is 0 Å². The highest BCUT2D eigenvalue weighted by Gasteiger charge is 2.11. The Hall–Kier alpha value is -1.82. The standard InChI is InChI=1S/C12H9BrFN3O/c1-7-4-8(5-16-11(7)13)17-12(18)9-2-3-15-6-10(9)14/h2-6H,1H3,(H,17,18). The maximum absolute atomic E-state index is 13.3. The van der Waals surface area contributed by atoms with Gasteiger partial charge in [-0.15, -0.1) is 0 Å². The van der Waals surface area contributed by atoms with Crippen molar-refractivity contribution < 1.29 is 9.18 Å². The number of rotatable bonds is 2. The first-order valence-electron chi connectivity index (χ1n) is 5.11. The van der Waals surface area contributed by atoms with Crippen LogP contribution in [0.25, 0.3) is 0 Å². The molecule has 1 amide bonds. The summed E-state index contributed by atoms with van der Waals surface area (Å²) in [6.45, 7) is 1.85. The molecule has 0 aliphatic carbocycles. The van der Waals surface area contributed by atoms with Gasteiger partial charge in [0.25, 0.3) is 5.91 Å². The van der Waals surface area contributed by atoms with Crippen molar-refractivity contribution in [2.45, 2.75) is 6.92 Å². The van der Waals surface area contributed by atoms with Crippen LogP contribution in [0.15, 0.2) is 35.3 Å². The molecule has 1 N–H and O–H groups in total. The largest absolute Gasteiger partial charge is 0.320 e. The molecule has 2 aromatic rings. The van der Waals surface area contributed by atoms with Gasteiger partial charge in [-0.3, -0.25) is 9.78 Å². The molecule has 4 nitrogen and oxygen atoms in total. The second-order valence-electron chi connectivity index (χ2n) is 3.64. The van der Waals surface area contributed by atoms with E-state index in [0.29, 0.717) is 10.3 Å². The lowest BCUT2D eigenvalue weighted by Crippen LogP contribution is -2.14. The molecule has 0 bridgehead atoms. The Morgan fingerprint density at radius 3 is 2.89 bits per heavy atom. The highest BCUT2D eigenvalue weighted by atomic mass is 79.9. The normalized spacial score (nSPS) is 10.2. The summed E-state index contributed by atoms with van der Waals surface area (Å²) in [6.07, 6.45) is 3.86.